The van der Waals surface area contributed by atoms with Crippen molar-refractivity contribution in [3.63, 3.8) is 0 Å². The van der Waals surface area contributed by atoms with Gasteiger partial charge in [0.1, 0.15) is 5.60 Å². The highest BCUT2D eigenvalue weighted by Crippen LogP contribution is 2.21. The zero-order valence-electron chi connectivity index (χ0n) is 12.0. The molecule has 102 valence electrons. The minimum atomic E-state index is -0.934. The number of carbonyl (C=O) groups excluding carboxylic acids is 1. The number of unbranched alkanes of at least 4 members (excludes halogenated alkanes) is 3. The van der Waals surface area contributed by atoms with Crippen molar-refractivity contribution in [2.75, 3.05) is 0 Å². The van der Waals surface area contributed by atoms with Gasteiger partial charge in [-0.3, -0.25) is 4.79 Å². The fraction of sp³-hybridized carbons (Fsp3) is 0.929. The molecular weight excluding hydrogens is 216 g/mol. The summed E-state index contributed by atoms with van der Waals surface area (Å²) in [4.78, 5) is 11.6. The van der Waals surface area contributed by atoms with Gasteiger partial charge in [0.15, 0.2) is 0 Å². The molecule has 0 rings (SSSR count). The number of carbonyl (C=O) groups is 1. The molecule has 0 aliphatic heterocycles. The normalized spacial score (nSPS) is 15.4. The van der Waals surface area contributed by atoms with Gasteiger partial charge in [-0.25, -0.2) is 0 Å². The van der Waals surface area contributed by atoms with Crippen molar-refractivity contribution in [2.45, 2.75) is 84.3 Å². The molecule has 0 saturated heterocycles. The van der Waals surface area contributed by atoms with Crippen LogP contribution in [0.15, 0.2) is 0 Å². The Morgan fingerprint density at radius 1 is 1.12 bits per heavy atom. The lowest BCUT2D eigenvalue weighted by Crippen LogP contribution is -2.32. The molecule has 0 aromatic heterocycles. The van der Waals surface area contributed by atoms with E-state index in [1.807, 2.05) is 20.8 Å². The number of rotatable bonds is 7. The molecule has 1 atom stereocenters. The van der Waals surface area contributed by atoms with Crippen LogP contribution in [-0.4, -0.2) is 22.3 Å². The molecule has 0 aliphatic carbocycles. The van der Waals surface area contributed by atoms with E-state index in [0.717, 1.165) is 12.8 Å². The lowest BCUT2D eigenvalue weighted by molar-refractivity contribution is -0.160. The molecule has 0 saturated carbocycles. The van der Waals surface area contributed by atoms with E-state index < -0.39 is 11.2 Å². The van der Waals surface area contributed by atoms with Crippen LogP contribution < -0.4 is 0 Å². The quantitative estimate of drug-likeness (QED) is 0.551. The minimum absolute atomic E-state index is 0.0798. The molecule has 17 heavy (non-hydrogen) atoms. The number of ether oxygens (including phenoxy) is 1. The van der Waals surface area contributed by atoms with Crippen molar-refractivity contribution in [3.05, 3.63) is 0 Å². The van der Waals surface area contributed by atoms with Gasteiger partial charge in [-0.2, -0.15) is 0 Å². The molecule has 1 N–H and O–H groups in total. The smallest absolute Gasteiger partial charge is 0.309 e. The summed E-state index contributed by atoms with van der Waals surface area (Å²) in [6.07, 6.45) is 5.17. The second-order valence-electron chi connectivity index (χ2n) is 6.07. The fourth-order valence-electron chi connectivity index (χ4n) is 1.71. The number of aliphatic hydroxyl groups is 1. The Morgan fingerprint density at radius 2 is 1.71 bits per heavy atom. The van der Waals surface area contributed by atoms with Crippen LogP contribution >= 0.6 is 0 Å². The molecule has 3 heteroatoms. The molecular formula is C14H28O3. The van der Waals surface area contributed by atoms with Gasteiger partial charge < -0.3 is 9.84 Å². The molecule has 1 unspecified atom stereocenters. The highest BCUT2D eigenvalue weighted by molar-refractivity contribution is 5.71. The third-order valence-electron chi connectivity index (χ3n) is 2.51. The monoisotopic (exact) mass is 244 g/mol. The predicted octanol–water partition coefficient (Wildman–Crippen LogP) is 3.44. The van der Waals surface area contributed by atoms with Crippen molar-refractivity contribution in [2.24, 2.45) is 0 Å². The Morgan fingerprint density at radius 3 is 2.18 bits per heavy atom. The lowest BCUT2D eigenvalue weighted by Gasteiger charge is -2.25. The van der Waals surface area contributed by atoms with Gasteiger partial charge in [0.25, 0.3) is 0 Å². The van der Waals surface area contributed by atoms with Crippen LogP contribution in [-0.2, 0) is 9.53 Å². The van der Waals surface area contributed by atoms with Crippen molar-refractivity contribution in [3.8, 4) is 0 Å². The van der Waals surface area contributed by atoms with Crippen LogP contribution in [0.5, 0.6) is 0 Å². The number of hydrogen-bond acceptors (Lipinski definition) is 3. The Bertz CT molecular complexity index is 226. The largest absolute Gasteiger partial charge is 0.460 e. The lowest BCUT2D eigenvalue weighted by atomic mass is 9.94. The average molecular weight is 244 g/mol. The van der Waals surface area contributed by atoms with E-state index in [4.69, 9.17) is 4.74 Å². The van der Waals surface area contributed by atoms with Gasteiger partial charge in [-0.05, 0) is 34.1 Å². The Kier molecular flexibility index (Phi) is 6.76. The maximum atomic E-state index is 11.6. The van der Waals surface area contributed by atoms with E-state index in [1.165, 1.54) is 12.8 Å². The molecule has 0 bridgehead atoms. The summed E-state index contributed by atoms with van der Waals surface area (Å²) in [6, 6.07) is 0. The zero-order valence-corrected chi connectivity index (χ0v) is 12.0. The SMILES string of the molecule is CCCCCCC(C)(O)CC(=O)OC(C)(C)C. The third-order valence-corrected chi connectivity index (χ3v) is 2.51. The highest BCUT2D eigenvalue weighted by Gasteiger charge is 2.27. The minimum Gasteiger partial charge on any atom is -0.460 e. The van der Waals surface area contributed by atoms with Gasteiger partial charge >= 0.3 is 5.97 Å². The molecule has 0 aromatic carbocycles. The van der Waals surface area contributed by atoms with Gasteiger partial charge in [-0.15, -0.1) is 0 Å². The second-order valence-corrected chi connectivity index (χ2v) is 6.07. The molecule has 0 aromatic rings. The van der Waals surface area contributed by atoms with E-state index in [2.05, 4.69) is 6.92 Å². The Labute approximate surface area is 106 Å². The van der Waals surface area contributed by atoms with Gasteiger partial charge in [0.05, 0.1) is 12.0 Å². The summed E-state index contributed by atoms with van der Waals surface area (Å²) >= 11 is 0. The highest BCUT2D eigenvalue weighted by atomic mass is 16.6. The number of esters is 1. The van der Waals surface area contributed by atoms with Crippen molar-refractivity contribution >= 4 is 5.97 Å². The van der Waals surface area contributed by atoms with Gasteiger partial charge in [0, 0.05) is 0 Å². The van der Waals surface area contributed by atoms with Crippen molar-refractivity contribution in [1.29, 1.82) is 0 Å². The summed E-state index contributed by atoms with van der Waals surface area (Å²) in [6.45, 7) is 9.37. The summed E-state index contributed by atoms with van der Waals surface area (Å²) in [5, 5.41) is 10.1. The van der Waals surface area contributed by atoms with Crippen LogP contribution in [0.2, 0.25) is 0 Å². The predicted molar refractivity (Wildman–Crippen MR) is 69.8 cm³/mol. The average Bonchev–Trinajstić information content (AvgIpc) is 2.08. The summed E-state index contributed by atoms with van der Waals surface area (Å²) in [7, 11) is 0. The van der Waals surface area contributed by atoms with E-state index in [1.54, 1.807) is 6.92 Å². The summed E-state index contributed by atoms with van der Waals surface area (Å²) < 4.78 is 5.20. The topological polar surface area (TPSA) is 46.5 Å². The third kappa shape index (κ3) is 10.3. The van der Waals surface area contributed by atoms with Gasteiger partial charge in [-0.1, -0.05) is 32.6 Å². The van der Waals surface area contributed by atoms with E-state index >= 15 is 0 Å². The van der Waals surface area contributed by atoms with Crippen LogP contribution in [0.3, 0.4) is 0 Å². The molecule has 0 heterocycles. The Hall–Kier alpha value is -0.570. The molecule has 0 radical (unpaired) electrons. The maximum absolute atomic E-state index is 11.6. The second kappa shape index (κ2) is 7.00. The van der Waals surface area contributed by atoms with Crippen molar-refractivity contribution in [1.82, 2.24) is 0 Å². The molecule has 0 amide bonds. The first-order valence-corrected chi connectivity index (χ1v) is 6.60. The molecule has 0 fully saturated rings. The van der Waals surface area contributed by atoms with E-state index in [0.29, 0.717) is 6.42 Å². The molecule has 0 aliphatic rings. The molecule has 3 nitrogen and oxygen atoms in total. The molecule has 0 spiro atoms. The fourth-order valence-corrected chi connectivity index (χ4v) is 1.71. The summed E-state index contributed by atoms with van der Waals surface area (Å²) in [5.41, 5.74) is -1.41. The van der Waals surface area contributed by atoms with Crippen LogP contribution in [0.4, 0.5) is 0 Å². The Balaban J connectivity index is 3.94. The first kappa shape index (κ1) is 16.4. The van der Waals surface area contributed by atoms with Crippen LogP contribution in [0, 0.1) is 0 Å². The van der Waals surface area contributed by atoms with E-state index in [9.17, 15) is 9.90 Å². The first-order valence-electron chi connectivity index (χ1n) is 6.60. The van der Waals surface area contributed by atoms with Crippen molar-refractivity contribution < 1.29 is 14.6 Å². The first-order chi connectivity index (χ1) is 7.66. The van der Waals surface area contributed by atoms with Crippen LogP contribution in [0.25, 0.3) is 0 Å². The maximum Gasteiger partial charge on any atom is 0.309 e. The zero-order chi connectivity index (χ0) is 13.5. The summed E-state index contributed by atoms with van der Waals surface area (Å²) in [5.74, 6) is -0.321. The van der Waals surface area contributed by atoms with Gasteiger partial charge in [0.2, 0.25) is 0 Å². The number of hydrogen-bond donors (Lipinski definition) is 1. The van der Waals surface area contributed by atoms with E-state index in [-0.39, 0.29) is 12.4 Å². The standard InChI is InChI=1S/C14H28O3/c1-6-7-8-9-10-14(5,16)11-12(15)17-13(2,3)4/h16H,6-11H2,1-5H3. The van der Waals surface area contributed by atoms with Crippen LogP contribution in [0.1, 0.15) is 73.1 Å².